The van der Waals surface area contributed by atoms with Crippen LogP contribution in [-0.2, 0) is 0 Å². The fourth-order valence-electron chi connectivity index (χ4n) is 1.18. The highest BCUT2D eigenvalue weighted by Gasteiger charge is 2.05. The number of nitrogens with zero attached hydrogens (tertiary/aromatic N) is 3. The topological polar surface area (TPSA) is 56.7 Å². The maximum Gasteiger partial charge on any atom is 0.138 e. The van der Waals surface area contributed by atoms with Crippen molar-refractivity contribution in [2.24, 2.45) is 5.73 Å². The summed E-state index contributed by atoms with van der Waals surface area (Å²) >= 11 is 10.9. The fourth-order valence-corrected chi connectivity index (χ4v) is 1.57. The number of thiocarbonyl (C=S) groups is 1. The van der Waals surface area contributed by atoms with Crippen LogP contribution in [-0.4, -0.2) is 19.8 Å². The second-order valence-electron chi connectivity index (χ2n) is 2.87. The van der Waals surface area contributed by atoms with Crippen LogP contribution in [0.1, 0.15) is 5.56 Å². The largest absolute Gasteiger partial charge is 0.389 e. The van der Waals surface area contributed by atoms with Crippen molar-refractivity contribution < 1.29 is 0 Å². The lowest BCUT2D eigenvalue weighted by Crippen LogP contribution is -2.09. The first-order valence-electron chi connectivity index (χ1n) is 4.13. The zero-order chi connectivity index (χ0) is 10.8. The van der Waals surface area contributed by atoms with Gasteiger partial charge in [0.25, 0.3) is 0 Å². The number of rotatable bonds is 2. The van der Waals surface area contributed by atoms with Crippen LogP contribution in [0.25, 0.3) is 5.69 Å². The van der Waals surface area contributed by atoms with Crippen molar-refractivity contribution in [3.63, 3.8) is 0 Å². The maximum absolute atomic E-state index is 6.06. The zero-order valence-electron chi connectivity index (χ0n) is 7.59. The number of hydrogen-bond donors (Lipinski definition) is 1. The third kappa shape index (κ3) is 1.98. The predicted octanol–water partition coefficient (Wildman–Crippen LogP) is 1.55. The minimum absolute atomic E-state index is 0.321. The Morgan fingerprint density at radius 1 is 1.47 bits per heavy atom. The Morgan fingerprint density at radius 3 is 2.80 bits per heavy atom. The van der Waals surface area contributed by atoms with Crippen LogP contribution in [0, 0.1) is 0 Å². The van der Waals surface area contributed by atoms with E-state index < -0.39 is 0 Å². The molecule has 76 valence electrons. The molecule has 0 atom stereocenters. The molecule has 0 bridgehead atoms. The van der Waals surface area contributed by atoms with Gasteiger partial charge < -0.3 is 5.73 Å². The lowest BCUT2D eigenvalue weighted by molar-refractivity contribution is 0.879. The van der Waals surface area contributed by atoms with Crippen LogP contribution in [0.5, 0.6) is 0 Å². The Balaban J connectivity index is 2.48. The minimum atomic E-state index is 0.321. The normalized spacial score (nSPS) is 10.2. The summed E-state index contributed by atoms with van der Waals surface area (Å²) in [5.74, 6) is 0. The summed E-state index contributed by atoms with van der Waals surface area (Å²) in [5, 5.41) is 4.51. The summed E-state index contributed by atoms with van der Waals surface area (Å²) in [7, 11) is 0. The van der Waals surface area contributed by atoms with Crippen molar-refractivity contribution in [3.05, 3.63) is 41.4 Å². The van der Waals surface area contributed by atoms with Crippen LogP contribution >= 0.6 is 23.8 Å². The number of aromatic nitrogens is 3. The molecule has 0 spiro atoms. The molecule has 0 amide bonds. The first-order valence-corrected chi connectivity index (χ1v) is 4.91. The monoisotopic (exact) mass is 238 g/mol. The quantitative estimate of drug-likeness (QED) is 0.807. The molecule has 0 saturated heterocycles. The molecule has 0 radical (unpaired) electrons. The molecule has 0 saturated carbocycles. The van der Waals surface area contributed by atoms with E-state index in [4.69, 9.17) is 29.6 Å². The summed E-state index contributed by atoms with van der Waals surface area (Å²) in [4.78, 5) is 4.16. The van der Waals surface area contributed by atoms with Crippen molar-refractivity contribution in [2.75, 3.05) is 0 Å². The van der Waals surface area contributed by atoms with Gasteiger partial charge in [-0.3, -0.25) is 0 Å². The summed E-state index contributed by atoms with van der Waals surface area (Å²) < 4.78 is 1.58. The second kappa shape index (κ2) is 3.96. The fraction of sp³-hybridized carbons (Fsp3) is 0. The molecule has 0 unspecified atom stereocenters. The molecule has 4 nitrogen and oxygen atoms in total. The summed E-state index contributed by atoms with van der Waals surface area (Å²) in [6.45, 7) is 0. The smallest absolute Gasteiger partial charge is 0.138 e. The SMILES string of the molecule is NC(=S)c1ccc(-n2cncn2)c(Cl)c1. The van der Waals surface area contributed by atoms with Crippen LogP contribution in [0.2, 0.25) is 5.02 Å². The Bertz CT molecular complexity index is 495. The van der Waals surface area contributed by atoms with Crippen LogP contribution in [0.3, 0.4) is 0 Å². The molecule has 6 heteroatoms. The third-order valence-electron chi connectivity index (χ3n) is 1.90. The minimum Gasteiger partial charge on any atom is -0.389 e. The van der Waals surface area contributed by atoms with Crippen molar-refractivity contribution in [3.8, 4) is 5.69 Å². The molecule has 0 aliphatic carbocycles. The van der Waals surface area contributed by atoms with E-state index in [1.165, 1.54) is 6.33 Å². The van der Waals surface area contributed by atoms with E-state index in [0.717, 1.165) is 11.3 Å². The zero-order valence-corrected chi connectivity index (χ0v) is 9.16. The predicted molar refractivity (Wildman–Crippen MR) is 62.3 cm³/mol. The Labute approximate surface area is 96.7 Å². The Kier molecular flexibility index (Phi) is 2.66. The molecule has 0 aliphatic heterocycles. The van der Waals surface area contributed by atoms with Crippen LogP contribution in [0.15, 0.2) is 30.9 Å². The van der Waals surface area contributed by atoms with Crippen molar-refractivity contribution in [1.29, 1.82) is 0 Å². The average molecular weight is 239 g/mol. The van der Waals surface area contributed by atoms with Crippen molar-refractivity contribution >= 4 is 28.8 Å². The first kappa shape index (κ1) is 10.1. The Morgan fingerprint density at radius 2 is 2.27 bits per heavy atom. The van der Waals surface area contributed by atoms with Gasteiger partial charge in [-0.15, -0.1) is 0 Å². The number of benzene rings is 1. The average Bonchev–Trinajstić information content (AvgIpc) is 2.70. The van der Waals surface area contributed by atoms with Crippen molar-refractivity contribution in [2.45, 2.75) is 0 Å². The van der Waals surface area contributed by atoms with E-state index in [2.05, 4.69) is 10.1 Å². The standard InChI is InChI=1S/C9H7ClN4S/c10-7-3-6(9(11)15)1-2-8(7)14-5-12-4-13-14/h1-5H,(H2,11,15). The highest BCUT2D eigenvalue weighted by Crippen LogP contribution is 2.20. The van der Waals surface area contributed by atoms with E-state index in [1.54, 1.807) is 29.2 Å². The maximum atomic E-state index is 6.06. The lowest BCUT2D eigenvalue weighted by atomic mass is 10.2. The molecular formula is C9H7ClN4S. The molecule has 2 rings (SSSR count). The van der Waals surface area contributed by atoms with Gasteiger partial charge in [-0.2, -0.15) is 5.10 Å². The van der Waals surface area contributed by atoms with Gasteiger partial charge in [-0.1, -0.05) is 23.8 Å². The summed E-state index contributed by atoms with van der Waals surface area (Å²) in [5.41, 5.74) is 6.97. The number of hydrogen-bond acceptors (Lipinski definition) is 3. The first-order chi connectivity index (χ1) is 7.18. The van der Waals surface area contributed by atoms with Gasteiger partial charge in [0, 0.05) is 5.56 Å². The molecule has 15 heavy (non-hydrogen) atoms. The number of nitrogens with two attached hydrogens (primary N) is 1. The molecule has 2 aromatic rings. The van der Waals surface area contributed by atoms with Gasteiger partial charge in [-0.25, -0.2) is 9.67 Å². The van der Waals surface area contributed by atoms with Gasteiger partial charge in [0.15, 0.2) is 0 Å². The highest BCUT2D eigenvalue weighted by molar-refractivity contribution is 7.80. The van der Waals surface area contributed by atoms with Crippen LogP contribution < -0.4 is 5.73 Å². The molecular weight excluding hydrogens is 232 g/mol. The van der Waals surface area contributed by atoms with E-state index in [9.17, 15) is 0 Å². The van der Waals surface area contributed by atoms with E-state index in [1.807, 2.05) is 0 Å². The molecule has 1 aromatic heterocycles. The van der Waals surface area contributed by atoms with Crippen molar-refractivity contribution in [1.82, 2.24) is 14.8 Å². The van der Waals surface area contributed by atoms with Gasteiger partial charge in [0.1, 0.15) is 17.6 Å². The van der Waals surface area contributed by atoms with E-state index >= 15 is 0 Å². The van der Waals surface area contributed by atoms with Gasteiger partial charge >= 0.3 is 0 Å². The molecule has 0 fully saturated rings. The highest BCUT2D eigenvalue weighted by atomic mass is 35.5. The van der Waals surface area contributed by atoms with Gasteiger partial charge in [0.05, 0.1) is 10.7 Å². The lowest BCUT2D eigenvalue weighted by Gasteiger charge is -2.05. The summed E-state index contributed by atoms with van der Waals surface area (Å²) in [6, 6.07) is 5.30. The molecule has 1 aromatic carbocycles. The van der Waals surface area contributed by atoms with E-state index in [-0.39, 0.29) is 0 Å². The second-order valence-corrected chi connectivity index (χ2v) is 3.72. The van der Waals surface area contributed by atoms with Gasteiger partial charge in [-0.05, 0) is 18.2 Å². The Hall–Kier alpha value is -1.46. The summed E-state index contributed by atoms with van der Waals surface area (Å²) in [6.07, 6.45) is 3.01. The molecule has 2 N–H and O–H groups in total. The van der Waals surface area contributed by atoms with Gasteiger partial charge in [0.2, 0.25) is 0 Å². The molecule has 1 heterocycles. The third-order valence-corrected chi connectivity index (χ3v) is 2.44. The number of halogens is 1. The molecule has 0 aliphatic rings. The van der Waals surface area contributed by atoms with E-state index in [0.29, 0.717) is 10.0 Å². The van der Waals surface area contributed by atoms with Crippen LogP contribution in [0.4, 0.5) is 0 Å².